The number of benzene rings is 2. The summed E-state index contributed by atoms with van der Waals surface area (Å²) in [7, 11) is 0. The van der Waals surface area contributed by atoms with Gasteiger partial charge in [-0.1, -0.05) is 233 Å². The highest BCUT2D eigenvalue weighted by Crippen LogP contribution is 2.41. The number of nitrogens with zero attached hydrogens (tertiary/aromatic N) is 2. The topological polar surface area (TPSA) is 74.8 Å². The van der Waals surface area contributed by atoms with Crippen molar-refractivity contribution in [2.45, 2.75) is 220 Å². The predicted octanol–water partition coefficient (Wildman–Crippen LogP) is 14.7. The van der Waals surface area contributed by atoms with E-state index in [4.69, 9.17) is 0 Å². The molecule has 64 heavy (non-hydrogen) atoms. The number of hydrogen-bond donors (Lipinski definition) is 0. The molecule has 2 amide bonds. The molecule has 0 saturated carbocycles. The molecule has 0 fully saturated rings. The van der Waals surface area contributed by atoms with E-state index in [2.05, 4.69) is 104 Å². The fraction of sp³-hybridized carbons (Fsp3) is 0.655. The summed E-state index contributed by atoms with van der Waals surface area (Å²) in [4.78, 5) is 59.9. The number of allylic oxidation sites excluding steroid dienone is 2. The van der Waals surface area contributed by atoms with Crippen LogP contribution < -0.4 is 0 Å². The van der Waals surface area contributed by atoms with Crippen LogP contribution in [0.5, 0.6) is 0 Å². The molecule has 0 N–H and O–H groups in total. The van der Waals surface area contributed by atoms with E-state index in [0.29, 0.717) is 35.4 Å². The molecule has 0 aromatic heterocycles. The molecule has 0 radical (unpaired) electrons. The Labute approximate surface area is 391 Å². The van der Waals surface area contributed by atoms with Crippen molar-refractivity contribution in [2.75, 3.05) is 26.2 Å². The van der Waals surface area contributed by atoms with Crippen LogP contribution in [0.3, 0.4) is 0 Å². The molecule has 6 heteroatoms. The second kappa shape index (κ2) is 28.3. The predicted molar refractivity (Wildman–Crippen MR) is 270 cm³/mol. The monoisotopic (exact) mass is 879 g/mol. The first kappa shape index (κ1) is 54.5. The van der Waals surface area contributed by atoms with Gasteiger partial charge in [0.15, 0.2) is 11.6 Å². The van der Waals surface area contributed by atoms with Crippen LogP contribution in [0.4, 0.5) is 0 Å². The van der Waals surface area contributed by atoms with E-state index in [9.17, 15) is 9.59 Å². The Morgan fingerprint density at radius 2 is 0.703 bits per heavy atom. The van der Waals surface area contributed by atoms with Crippen LogP contribution >= 0.6 is 0 Å². The van der Waals surface area contributed by atoms with Gasteiger partial charge in [-0.25, -0.2) is 0 Å². The Bertz CT molecular complexity index is 1640. The average Bonchev–Trinajstić information content (AvgIpc) is 3.27. The third-order valence-electron chi connectivity index (χ3n) is 13.7. The normalized spacial score (nSPS) is 14.6. The van der Waals surface area contributed by atoms with E-state index in [-0.39, 0.29) is 35.5 Å². The summed E-state index contributed by atoms with van der Waals surface area (Å²) in [6.07, 6.45) is 25.6. The Morgan fingerprint density at radius 1 is 0.438 bits per heavy atom. The molecule has 2 unspecified atom stereocenters. The van der Waals surface area contributed by atoms with Crippen LogP contribution in [0.25, 0.3) is 0 Å². The number of Topliss-reactive ketones (excluding diaryl/α,β-unsaturated/α-hetero) is 2. The summed E-state index contributed by atoms with van der Waals surface area (Å²) in [6, 6.07) is 16.8. The minimum atomic E-state index is -0.407. The highest BCUT2D eigenvalue weighted by Gasteiger charge is 2.40. The molecule has 3 rings (SSSR count). The van der Waals surface area contributed by atoms with Crippen molar-refractivity contribution in [3.05, 3.63) is 93.1 Å². The van der Waals surface area contributed by atoms with E-state index in [1.807, 2.05) is 13.8 Å². The van der Waals surface area contributed by atoms with E-state index in [1.54, 1.807) is 9.80 Å². The molecule has 2 atom stereocenters. The summed E-state index contributed by atoms with van der Waals surface area (Å²) < 4.78 is 0. The first-order valence-electron chi connectivity index (χ1n) is 25.7. The minimum Gasteiger partial charge on any atom is -0.341 e. The third-order valence-corrected chi connectivity index (χ3v) is 13.7. The fourth-order valence-corrected chi connectivity index (χ4v) is 9.30. The molecule has 1 aliphatic carbocycles. The van der Waals surface area contributed by atoms with Gasteiger partial charge in [-0.05, 0) is 45.9 Å². The van der Waals surface area contributed by atoms with Crippen molar-refractivity contribution in [1.82, 2.24) is 9.80 Å². The van der Waals surface area contributed by atoms with Crippen molar-refractivity contribution >= 4 is 24.4 Å². The van der Waals surface area contributed by atoms with Crippen LogP contribution in [-0.4, -0.2) is 60.4 Å². The standard InChI is InChI=1S/C58H90N2O4/c1-11-13-15-17-19-21-23-25-27-29-39-59(43-61)41-51-53(45(3)47-31-35-49(36-32-47)57(5,6)7)56(64)52(42-60(44-62)40-30-28-26-24-22-20-18-16-14-12-2)54(55(51)63)46(4)48-33-37-50(38-34-48)58(8,9)10/h31-38,43-46H,11-30,39-42H2,1-10H3. The molecule has 0 aliphatic heterocycles. The van der Waals surface area contributed by atoms with Crippen LogP contribution in [0.2, 0.25) is 0 Å². The molecule has 0 saturated heterocycles. The van der Waals surface area contributed by atoms with E-state index in [1.165, 1.54) is 101 Å². The average molecular weight is 879 g/mol. The van der Waals surface area contributed by atoms with Crippen molar-refractivity contribution in [3.63, 3.8) is 0 Å². The quantitative estimate of drug-likeness (QED) is 0.0417. The largest absolute Gasteiger partial charge is 0.341 e. The summed E-state index contributed by atoms with van der Waals surface area (Å²) in [5.74, 6) is -1.18. The molecule has 0 heterocycles. The number of carbonyl (C=O) groups is 4. The molecule has 2 aromatic rings. The van der Waals surface area contributed by atoms with Gasteiger partial charge >= 0.3 is 0 Å². The van der Waals surface area contributed by atoms with Crippen LogP contribution in [0.1, 0.15) is 232 Å². The van der Waals surface area contributed by atoms with Crippen molar-refractivity contribution in [3.8, 4) is 0 Å². The maximum absolute atomic E-state index is 15.4. The highest BCUT2D eigenvalue weighted by atomic mass is 16.1. The summed E-state index contributed by atoms with van der Waals surface area (Å²) >= 11 is 0. The van der Waals surface area contributed by atoms with Gasteiger partial charge in [0.2, 0.25) is 12.8 Å². The van der Waals surface area contributed by atoms with Crippen molar-refractivity contribution in [1.29, 1.82) is 0 Å². The van der Waals surface area contributed by atoms with Gasteiger partial charge in [0.05, 0.1) is 0 Å². The number of ketones is 2. The lowest BCUT2D eigenvalue weighted by Gasteiger charge is -2.33. The van der Waals surface area contributed by atoms with Gasteiger partial charge in [-0.15, -0.1) is 0 Å². The van der Waals surface area contributed by atoms with Gasteiger partial charge in [0.25, 0.3) is 0 Å². The number of rotatable bonds is 32. The SMILES string of the molecule is CCCCCCCCCCCCN(C=O)CC1=C(C(C)c2ccc(C(C)(C)C)cc2)C(=O)C(CN(C=O)CCCCCCCCCCCC)=C(C(C)c2ccc(C(C)(C)C)cc2)C1=O. The van der Waals surface area contributed by atoms with Crippen LogP contribution in [-0.2, 0) is 30.0 Å². The molecular weight excluding hydrogens is 789 g/mol. The van der Waals surface area contributed by atoms with E-state index < -0.39 is 11.8 Å². The number of carbonyl (C=O) groups excluding carboxylic acids is 4. The third kappa shape index (κ3) is 17.5. The smallest absolute Gasteiger partial charge is 0.210 e. The zero-order valence-corrected chi connectivity index (χ0v) is 42.4. The molecule has 0 bridgehead atoms. The first-order chi connectivity index (χ1) is 30.6. The van der Waals surface area contributed by atoms with Gasteiger partial charge < -0.3 is 9.80 Å². The molecular formula is C58H90N2O4. The number of unbranched alkanes of at least 4 members (excludes halogenated alkanes) is 18. The van der Waals surface area contributed by atoms with Crippen molar-refractivity contribution in [2.24, 2.45) is 0 Å². The Morgan fingerprint density at radius 3 is 0.953 bits per heavy atom. The van der Waals surface area contributed by atoms with Crippen molar-refractivity contribution < 1.29 is 19.2 Å². The van der Waals surface area contributed by atoms with Gasteiger partial charge in [-0.3, -0.25) is 19.2 Å². The molecule has 1 aliphatic rings. The minimum absolute atomic E-state index is 0.0412. The number of hydrogen-bond acceptors (Lipinski definition) is 4. The van der Waals surface area contributed by atoms with Crippen LogP contribution in [0, 0.1) is 0 Å². The molecule has 0 spiro atoms. The Kier molecular flexibility index (Phi) is 24.1. The van der Waals surface area contributed by atoms with Gasteiger partial charge in [-0.2, -0.15) is 0 Å². The Hall–Kier alpha value is -3.80. The first-order valence-corrected chi connectivity index (χ1v) is 25.7. The lowest BCUT2D eigenvalue weighted by molar-refractivity contribution is -0.121. The lowest BCUT2D eigenvalue weighted by Crippen LogP contribution is -2.38. The maximum atomic E-state index is 15.4. The molecule has 356 valence electrons. The highest BCUT2D eigenvalue weighted by molar-refractivity contribution is 6.26. The second-order valence-corrected chi connectivity index (χ2v) is 21.1. The molecule has 6 nitrogen and oxygen atoms in total. The van der Waals surface area contributed by atoms with E-state index >= 15 is 9.59 Å². The zero-order valence-electron chi connectivity index (χ0n) is 42.4. The summed E-state index contributed by atoms with van der Waals surface area (Å²) in [5, 5.41) is 0. The van der Waals surface area contributed by atoms with Gasteiger partial charge in [0.1, 0.15) is 0 Å². The van der Waals surface area contributed by atoms with Crippen LogP contribution in [0.15, 0.2) is 70.8 Å². The lowest BCUT2D eigenvalue weighted by atomic mass is 9.72. The fourth-order valence-electron chi connectivity index (χ4n) is 9.30. The second-order valence-electron chi connectivity index (χ2n) is 21.1. The Balaban J connectivity index is 1.99. The maximum Gasteiger partial charge on any atom is 0.210 e. The number of amides is 2. The summed E-state index contributed by atoms with van der Waals surface area (Å²) in [5.41, 5.74) is 5.89. The molecule has 2 aromatic carbocycles. The summed E-state index contributed by atoms with van der Waals surface area (Å²) in [6.45, 7) is 22.8. The zero-order chi connectivity index (χ0) is 47.1. The van der Waals surface area contributed by atoms with Gasteiger partial charge in [0, 0.05) is 60.3 Å². The van der Waals surface area contributed by atoms with E-state index in [0.717, 1.165) is 62.5 Å².